The SMILES string of the molecule is C=CC(=O)O.C=CC(=O)OCCC[Si](C)(C)c1ccc([Si](C)(C)CCCOC(=O)C=C)cc1.C=CCO.C[SiH](C)c1ccc([SiH](C)C)cc1.C[Si](C)(CCCO)c1ccc([Si](C)(C)CCCO)cc1. The number of ether oxygens (including phenoxy) is 2. The van der Waals surface area contributed by atoms with Gasteiger partial charge < -0.3 is 29.9 Å². The van der Waals surface area contributed by atoms with Crippen LogP contribution in [0, 0.1) is 0 Å². The molecule has 0 heterocycles. The number of hydrogen-bond donors (Lipinski definition) is 4. The molecular formula is C54H92O9Si6. The summed E-state index contributed by atoms with van der Waals surface area (Å²) in [6.07, 6.45) is 8.26. The summed E-state index contributed by atoms with van der Waals surface area (Å²) < 4.78 is 10.2. The average Bonchev–Trinajstić information content (AvgIpc) is 3.33. The Morgan fingerprint density at radius 3 is 0.884 bits per heavy atom. The third kappa shape index (κ3) is 29.9. The van der Waals surface area contributed by atoms with Crippen molar-refractivity contribution in [3.63, 3.8) is 0 Å². The summed E-state index contributed by atoms with van der Waals surface area (Å²) in [5, 5.41) is 42.4. The molecule has 9 nitrogen and oxygen atoms in total. The van der Waals surface area contributed by atoms with Gasteiger partial charge in [0, 0.05) is 31.4 Å². The Bertz CT molecular complexity index is 1800. The van der Waals surface area contributed by atoms with Crippen molar-refractivity contribution in [3.05, 3.63) is 123 Å². The average molecular weight is 1050 g/mol. The first kappa shape index (κ1) is 67.3. The number of carboxylic acids is 1. The van der Waals surface area contributed by atoms with E-state index in [2.05, 4.69) is 178 Å². The van der Waals surface area contributed by atoms with E-state index in [0.717, 1.165) is 55.9 Å². The van der Waals surface area contributed by atoms with Gasteiger partial charge in [-0.2, -0.15) is 0 Å². The topological polar surface area (TPSA) is 151 Å². The van der Waals surface area contributed by atoms with Crippen molar-refractivity contribution in [2.75, 3.05) is 33.0 Å². The van der Waals surface area contributed by atoms with Crippen molar-refractivity contribution in [3.8, 4) is 0 Å². The molecule has 0 fully saturated rings. The minimum absolute atomic E-state index is 0.0833. The maximum atomic E-state index is 11.1. The van der Waals surface area contributed by atoms with Crippen LogP contribution in [0.2, 0.25) is 103 Å². The quantitative estimate of drug-likeness (QED) is 0.0235. The predicted octanol–water partition coefficient (Wildman–Crippen LogP) is 7.53. The second kappa shape index (κ2) is 36.2. The fourth-order valence-electron chi connectivity index (χ4n) is 7.12. The van der Waals surface area contributed by atoms with E-state index in [-0.39, 0.29) is 18.5 Å². The zero-order valence-corrected chi connectivity index (χ0v) is 51.1. The number of carboxylic acid groups (broad SMARTS) is 1. The van der Waals surface area contributed by atoms with E-state index in [9.17, 15) is 14.4 Å². The number of hydrogen-bond acceptors (Lipinski definition) is 8. The van der Waals surface area contributed by atoms with Gasteiger partial charge in [0.25, 0.3) is 0 Å². The number of benzene rings is 3. The Kier molecular flexibility index (Phi) is 35.3. The van der Waals surface area contributed by atoms with Crippen LogP contribution in [0.3, 0.4) is 0 Å². The van der Waals surface area contributed by atoms with Crippen molar-refractivity contribution >= 4 is 98.9 Å². The highest BCUT2D eigenvalue weighted by Crippen LogP contribution is 2.17. The molecule has 0 aromatic heterocycles. The summed E-state index contributed by atoms with van der Waals surface area (Å²) in [6, 6.07) is 32.2. The Morgan fingerprint density at radius 1 is 0.478 bits per heavy atom. The molecule has 3 aromatic carbocycles. The zero-order valence-electron chi connectivity index (χ0n) is 44.7. The lowest BCUT2D eigenvalue weighted by atomic mass is 10.4. The van der Waals surface area contributed by atoms with Crippen molar-refractivity contribution in [2.45, 2.75) is 128 Å². The molecule has 0 aliphatic rings. The molecule has 69 heavy (non-hydrogen) atoms. The van der Waals surface area contributed by atoms with Crippen molar-refractivity contribution in [2.24, 2.45) is 0 Å². The summed E-state index contributed by atoms with van der Waals surface area (Å²) in [4.78, 5) is 31.5. The van der Waals surface area contributed by atoms with Gasteiger partial charge in [0.2, 0.25) is 0 Å². The second-order valence-electron chi connectivity index (χ2n) is 20.3. The van der Waals surface area contributed by atoms with E-state index in [4.69, 9.17) is 29.9 Å². The van der Waals surface area contributed by atoms with Crippen LogP contribution in [-0.4, -0.2) is 121 Å². The van der Waals surface area contributed by atoms with Crippen molar-refractivity contribution < 1.29 is 44.3 Å². The summed E-state index contributed by atoms with van der Waals surface area (Å²) >= 11 is 0. The molecule has 0 atom stereocenters. The molecule has 0 aliphatic carbocycles. The van der Waals surface area contributed by atoms with Gasteiger partial charge in [-0.25, -0.2) is 14.4 Å². The van der Waals surface area contributed by atoms with E-state index in [1.165, 1.54) is 39.0 Å². The largest absolute Gasteiger partial charge is 0.478 e. The van der Waals surface area contributed by atoms with Gasteiger partial charge in [0.05, 0.1) is 69.7 Å². The van der Waals surface area contributed by atoms with E-state index in [0.29, 0.717) is 26.4 Å². The number of carbonyl (C=O) groups excluding carboxylic acids is 2. The first-order chi connectivity index (χ1) is 32.2. The molecular weight excluding hydrogens is 961 g/mol. The fraction of sp³-hybridized carbons (Fsp3) is 0.463. The number of esters is 2. The van der Waals surface area contributed by atoms with Crippen LogP contribution in [0.4, 0.5) is 0 Å². The predicted molar refractivity (Wildman–Crippen MR) is 314 cm³/mol. The molecule has 0 amide bonds. The highest BCUT2D eigenvalue weighted by Gasteiger charge is 2.28. The Hall–Kier alpha value is -3.79. The van der Waals surface area contributed by atoms with Crippen LogP contribution in [0.1, 0.15) is 25.7 Å². The highest BCUT2D eigenvalue weighted by atomic mass is 28.3. The van der Waals surface area contributed by atoms with Gasteiger partial charge in [-0.3, -0.25) is 0 Å². The third-order valence-corrected chi connectivity index (χ3v) is 29.5. The maximum absolute atomic E-state index is 11.1. The Morgan fingerprint density at radius 2 is 0.710 bits per heavy atom. The monoisotopic (exact) mass is 1050 g/mol. The number of aliphatic hydroxyl groups excluding tert-OH is 3. The molecule has 0 bridgehead atoms. The summed E-state index contributed by atoms with van der Waals surface area (Å²) in [7, 11) is -7.04. The van der Waals surface area contributed by atoms with E-state index in [1.54, 1.807) is 10.4 Å². The van der Waals surface area contributed by atoms with Gasteiger partial charge in [-0.1, -0.05) is 232 Å². The fourth-order valence-corrected chi connectivity index (χ4v) is 18.6. The van der Waals surface area contributed by atoms with Gasteiger partial charge in [-0.05, 0) is 25.7 Å². The van der Waals surface area contributed by atoms with E-state index < -0.39 is 55.9 Å². The van der Waals surface area contributed by atoms with Gasteiger partial charge in [0.1, 0.15) is 0 Å². The maximum Gasteiger partial charge on any atom is 0.330 e. The molecule has 4 N–H and O–H groups in total. The first-order valence-electron chi connectivity index (χ1n) is 24.4. The van der Waals surface area contributed by atoms with Crippen LogP contribution >= 0.6 is 0 Å². The molecule has 0 saturated heterocycles. The number of aliphatic hydroxyl groups is 3. The minimum Gasteiger partial charge on any atom is -0.478 e. The first-order valence-corrected chi connectivity index (χ1v) is 43.0. The van der Waals surface area contributed by atoms with E-state index in [1.807, 2.05) is 0 Å². The second-order valence-corrected chi connectivity index (χ2v) is 45.6. The molecule has 0 saturated carbocycles. The molecule has 3 rings (SSSR count). The Labute approximate surface area is 425 Å². The van der Waals surface area contributed by atoms with Gasteiger partial charge in [0.15, 0.2) is 0 Å². The van der Waals surface area contributed by atoms with Crippen LogP contribution in [0.25, 0.3) is 0 Å². The molecule has 0 radical (unpaired) electrons. The standard InChI is InChI=1S/C22H34O4Si2.C16H30O2Si2.C10H18Si2.C3H4O2.C3H6O/c1-7-21(23)25-15-9-17-27(3,4)19-11-13-20(14-12-19)28(5,6)18-10-16-26-22(24)8-2;1-19(2,13-5-11-17)15-7-9-16(10-8-15)20(3,4)14-6-12-18;1-11(2)9-5-7-10(8-6-9)12(3)4;1-2-3(4)5;1-2-3-4/h7-8,11-14H,1-2,9-10,15-18H2,3-6H3;7-10,17-18H,5-6,11-14H2,1-4H3;5-8,11-12H,1-4H3;2H,1H2,(H,4,5);2,4H,1,3H2. The third-order valence-electron chi connectivity index (χ3n) is 12.1. The molecule has 0 spiro atoms. The van der Waals surface area contributed by atoms with Crippen molar-refractivity contribution in [1.29, 1.82) is 0 Å². The van der Waals surface area contributed by atoms with Crippen LogP contribution in [0.15, 0.2) is 123 Å². The van der Waals surface area contributed by atoms with E-state index >= 15 is 0 Å². The van der Waals surface area contributed by atoms with Gasteiger partial charge in [-0.15, -0.1) is 6.58 Å². The Balaban J connectivity index is 0. The number of carbonyl (C=O) groups is 3. The number of aliphatic carboxylic acids is 1. The lowest BCUT2D eigenvalue weighted by molar-refractivity contribution is -0.138. The van der Waals surface area contributed by atoms with Crippen LogP contribution in [-0.2, 0) is 23.9 Å². The lowest BCUT2D eigenvalue weighted by Crippen LogP contribution is -2.45. The van der Waals surface area contributed by atoms with Crippen LogP contribution in [0.5, 0.6) is 0 Å². The molecule has 0 aliphatic heterocycles. The molecule has 3 aromatic rings. The molecule has 386 valence electrons. The molecule has 15 heteroatoms. The lowest BCUT2D eigenvalue weighted by Gasteiger charge is -2.26. The zero-order chi connectivity index (χ0) is 53.3. The normalized spacial score (nSPS) is 11.1. The van der Waals surface area contributed by atoms with Crippen molar-refractivity contribution in [1.82, 2.24) is 0 Å². The number of rotatable bonds is 24. The van der Waals surface area contributed by atoms with Gasteiger partial charge >= 0.3 is 17.9 Å². The smallest absolute Gasteiger partial charge is 0.330 e. The summed E-state index contributed by atoms with van der Waals surface area (Å²) in [5.41, 5.74) is 0. The minimum atomic E-state index is -1.56. The van der Waals surface area contributed by atoms with Crippen LogP contribution < -0.4 is 31.1 Å². The summed E-state index contributed by atoms with van der Waals surface area (Å²) in [6.45, 7) is 43.1. The summed E-state index contributed by atoms with van der Waals surface area (Å²) in [5.74, 6) is -1.68. The highest BCUT2D eigenvalue weighted by molar-refractivity contribution is 6.92. The molecule has 0 unspecified atom stereocenters.